The highest BCUT2D eigenvalue weighted by Crippen LogP contribution is 2.38. The standard InChI is InChI=1S/C24H20O5S/c1-15-8-9-30-21(15)12-20-24(26)23-16(2)10-18(11-19(23)29-20)27-14-22(25)28-13-17-6-4-3-5-7-17/h3-12H,13-14H2,1-2H3/b20-12-. The Balaban J connectivity index is 1.42. The zero-order valence-corrected chi connectivity index (χ0v) is 17.5. The summed E-state index contributed by atoms with van der Waals surface area (Å²) >= 11 is 1.55. The third-order valence-electron chi connectivity index (χ3n) is 4.71. The molecule has 0 saturated carbocycles. The summed E-state index contributed by atoms with van der Waals surface area (Å²) in [6.07, 6.45) is 1.77. The number of carbonyl (C=O) groups is 2. The topological polar surface area (TPSA) is 61.8 Å². The number of hydrogen-bond acceptors (Lipinski definition) is 6. The van der Waals surface area contributed by atoms with Crippen molar-refractivity contribution >= 4 is 29.2 Å². The van der Waals surface area contributed by atoms with Gasteiger partial charge in [-0.1, -0.05) is 30.3 Å². The summed E-state index contributed by atoms with van der Waals surface area (Å²) < 4.78 is 16.6. The Morgan fingerprint density at radius 3 is 2.63 bits per heavy atom. The number of Topliss-reactive ketones (excluding diaryl/α,β-unsaturated/α-hetero) is 1. The first-order valence-corrected chi connectivity index (χ1v) is 10.3. The first-order chi connectivity index (χ1) is 14.5. The van der Waals surface area contributed by atoms with Crippen LogP contribution in [0.15, 0.2) is 59.7 Å². The third kappa shape index (κ3) is 4.28. The fraction of sp³-hybridized carbons (Fsp3) is 0.167. The molecule has 0 unspecified atom stereocenters. The summed E-state index contributed by atoms with van der Waals surface area (Å²) in [5.41, 5.74) is 3.26. The molecular formula is C24H20O5S. The van der Waals surface area contributed by atoms with Crippen molar-refractivity contribution in [3.05, 3.63) is 86.8 Å². The van der Waals surface area contributed by atoms with Crippen LogP contribution in [0.3, 0.4) is 0 Å². The molecule has 152 valence electrons. The van der Waals surface area contributed by atoms with Gasteiger partial charge in [-0.2, -0.15) is 0 Å². The van der Waals surface area contributed by atoms with Gasteiger partial charge in [-0.3, -0.25) is 4.79 Å². The first-order valence-electron chi connectivity index (χ1n) is 9.46. The summed E-state index contributed by atoms with van der Waals surface area (Å²) in [6, 6.07) is 14.8. The Hall–Kier alpha value is -3.38. The molecule has 0 saturated heterocycles. The average molecular weight is 420 g/mol. The predicted molar refractivity (Wildman–Crippen MR) is 115 cm³/mol. The van der Waals surface area contributed by atoms with Crippen molar-refractivity contribution in [3.63, 3.8) is 0 Å². The minimum Gasteiger partial charge on any atom is -0.482 e. The van der Waals surface area contributed by atoms with Crippen LogP contribution in [0.4, 0.5) is 0 Å². The first kappa shape index (κ1) is 19.9. The number of rotatable bonds is 6. The fourth-order valence-corrected chi connectivity index (χ4v) is 3.98. The van der Waals surface area contributed by atoms with Gasteiger partial charge in [0.2, 0.25) is 5.78 Å². The molecule has 3 aromatic rings. The molecule has 5 nitrogen and oxygen atoms in total. The average Bonchev–Trinajstić information content (AvgIpc) is 3.29. The number of fused-ring (bicyclic) bond motifs is 1. The maximum Gasteiger partial charge on any atom is 0.344 e. The van der Waals surface area contributed by atoms with E-state index in [2.05, 4.69) is 0 Å². The van der Waals surface area contributed by atoms with Gasteiger partial charge in [-0.15, -0.1) is 11.3 Å². The van der Waals surface area contributed by atoms with E-state index in [1.807, 2.05) is 55.6 Å². The van der Waals surface area contributed by atoms with Crippen LogP contribution in [0, 0.1) is 13.8 Å². The number of aryl methyl sites for hydroxylation is 2. The lowest BCUT2D eigenvalue weighted by Gasteiger charge is -2.09. The lowest BCUT2D eigenvalue weighted by molar-refractivity contribution is -0.147. The number of thiophene rings is 1. The highest BCUT2D eigenvalue weighted by atomic mass is 32.1. The summed E-state index contributed by atoms with van der Waals surface area (Å²) in [6.45, 7) is 3.78. The van der Waals surface area contributed by atoms with Crippen LogP contribution in [0.25, 0.3) is 6.08 Å². The van der Waals surface area contributed by atoms with Gasteiger partial charge in [0, 0.05) is 17.0 Å². The van der Waals surface area contributed by atoms with Gasteiger partial charge in [0.1, 0.15) is 18.1 Å². The van der Waals surface area contributed by atoms with E-state index >= 15 is 0 Å². The van der Waals surface area contributed by atoms with Crippen LogP contribution < -0.4 is 9.47 Å². The maximum atomic E-state index is 12.7. The zero-order chi connectivity index (χ0) is 21.1. The summed E-state index contributed by atoms with van der Waals surface area (Å²) in [4.78, 5) is 25.7. The van der Waals surface area contributed by atoms with Crippen LogP contribution in [-0.4, -0.2) is 18.4 Å². The number of hydrogen-bond donors (Lipinski definition) is 0. The van der Waals surface area contributed by atoms with Gasteiger partial charge in [0.05, 0.1) is 5.56 Å². The molecule has 0 radical (unpaired) electrons. The third-order valence-corrected chi connectivity index (χ3v) is 5.67. The Bertz CT molecular complexity index is 1130. The van der Waals surface area contributed by atoms with Crippen molar-refractivity contribution in [3.8, 4) is 11.5 Å². The van der Waals surface area contributed by atoms with E-state index < -0.39 is 5.97 Å². The van der Waals surface area contributed by atoms with Crippen LogP contribution in [0.5, 0.6) is 11.5 Å². The zero-order valence-electron chi connectivity index (χ0n) is 16.6. The number of carbonyl (C=O) groups excluding carboxylic acids is 2. The van der Waals surface area contributed by atoms with Crippen molar-refractivity contribution in [1.29, 1.82) is 0 Å². The number of esters is 1. The summed E-state index contributed by atoms with van der Waals surface area (Å²) in [7, 11) is 0. The van der Waals surface area contributed by atoms with Crippen LogP contribution in [0.1, 0.15) is 31.9 Å². The number of allylic oxidation sites excluding steroid dienone is 1. The van der Waals surface area contributed by atoms with E-state index in [0.29, 0.717) is 17.1 Å². The van der Waals surface area contributed by atoms with Crippen molar-refractivity contribution in [1.82, 2.24) is 0 Å². The van der Waals surface area contributed by atoms with E-state index in [4.69, 9.17) is 14.2 Å². The van der Waals surface area contributed by atoms with Gasteiger partial charge in [-0.25, -0.2) is 4.79 Å². The minimum atomic E-state index is -0.470. The van der Waals surface area contributed by atoms with Crippen LogP contribution >= 0.6 is 11.3 Å². The molecule has 0 amide bonds. The van der Waals surface area contributed by atoms with Crippen molar-refractivity contribution in [2.75, 3.05) is 6.61 Å². The second kappa shape index (κ2) is 8.55. The van der Waals surface area contributed by atoms with Gasteiger partial charge >= 0.3 is 5.97 Å². The van der Waals surface area contributed by atoms with Gasteiger partial charge in [0.15, 0.2) is 12.4 Å². The van der Waals surface area contributed by atoms with Gasteiger partial charge < -0.3 is 14.2 Å². The molecule has 2 heterocycles. The molecule has 1 aliphatic rings. The molecule has 30 heavy (non-hydrogen) atoms. The predicted octanol–water partition coefficient (Wildman–Crippen LogP) is 5.10. The Morgan fingerprint density at radius 2 is 1.90 bits per heavy atom. The number of benzene rings is 2. The molecule has 6 heteroatoms. The largest absolute Gasteiger partial charge is 0.482 e. The highest BCUT2D eigenvalue weighted by molar-refractivity contribution is 7.11. The van der Waals surface area contributed by atoms with E-state index in [0.717, 1.165) is 21.6 Å². The molecule has 0 spiro atoms. The molecule has 1 aliphatic heterocycles. The molecule has 0 bridgehead atoms. The van der Waals surface area contributed by atoms with E-state index in [1.165, 1.54) is 0 Å². The van der Waals surface area contributed by atoms with Crippen molar-refractivity contribution in [2.45, 2.75) is 20.5 Å². The lowest BCUT2D eigenvalue weighted by Crippen LogP contribution is -2.14. The fourth-order valence-electron chi connectivity index (χ4n) is 3.13. The highest BCUT2D eigenvalue weighted by Gasteiger charge is 2.30. The van der Waals surface area contributed by atoms with E-state index in [-0.39, 0.29) is 24.8 Å². The monoisotopic (exact) mass is 420 g/mol. The van der Waals surface area contributed by atoms with Crippen molar-refractivity contribution < 1.29 is 23.8 Å². The van der Waals surface area contributed by atoms with Crippen LogP contribution in [-0.2, 0) is 16.1 Å². The molecule has 4 rings (SSSR count). The minimum absolute atomic E-state index is 0.149. The van der Waals surface area contributed by atoms with Crippen molar-refractivity contribution in [2.24, 2.45) is 0 Å². The second-order valence-corrected chi connectivity index (χ2v) is 7.90. The molecule has 0 N–H and O–H groups in total. The lowest BCUT2D eigenvalue weighted by atomic mass is 10.0. The van der Waals surface area contributed by atoms with Gasteiger partial charge in [0.25, 0.3) is 0 Å². The summed E-state index contributed by atoms with van der Waals surface area (Å²) in [5.74, 6) is 0.558. The molecule has 1 aromatic heterocycles. The Labute approximate surface area is 178 Å². The molecular weight excluding hydrogens is 400 g/mol. The Morgan fingerprint density at radius 1 is 1.10 bits per heavy atom. The van der Waals surface area contributed by atoms with Gasteiger partial charge in [-0.05, 0) is 48.1 Å². The SMILES string of the molecule is Cc1ccsc1/C=C1\Oc2cc(OCC(=O)OCc3ccccc3)cc(C)c2C1=O. The molecule has 0 aliphatic carbocycles. The maximum absolute atomic E-state index is 12.7. The molecule has 0 fully saturated rings. The Kier molecular flexibility index (Phi) is 5.68. The molecule has 2 aromatic carbocycles. The number of ether oxygens (including phenoxy) is 3. The van der Waals surface area contributed by atoms with Crippen LogP contribution in [0.2, 0.25) is 0 Å². The quantitative estimate of drug-likeness (QED) is 0.410. The normalized spacial score (nSPS) is 13.8. The van der Waals surface area contributed by atoms with E-state index in [9.17, 15) is 9.59 Å². The summed E-state index contributed by atoms with van der Waals surface area (Å²) in [5, 5.41) is 1.97. The van der Waals surface area contributed by atoms with E-state index in [1.54, 1.807) is 29.5 Å². The number of ketones is 1. The molecule has 0 atom stereocenters. The smallest absolute Gasteiger partial charge is 0.344 e. The second-order valence-electron chi connectivity index (χ2n) is 6.96.